The molecule has 133 valence electrons. The first-order valence-electron chi connectivity index (χ1n) is 9.80. The summed E-state index contributed by atoms with van der Waals surface area (Å²) in [7, 11) is 0. The summed E-state index contributed by atoms with van der Waals surface area (Å²) in [5.41, 5.74) is 5.39. The first-order valence-corrected chi connectivity index (χ1v) is 9.80. The van der Waals surface area contributed by atoms with Gasteiger partial charge in [0.2, 0.25) is 0 Å². The maximum atomic E-state index is 3.44. The summed E-state index contributed by atoms with van der Waals surface area (Å²) in [6.45, 7) is 0. The van der Waals surface area contributed by atoms with Gasteiger partial charge in [-0.2, -0.15) is 0 Å². The minimum Gasteiger partial charge on any atom is -0.0616 e. The fraction of sp³-hybridized carbons (Fsp3) is 0.0714. The molecule has 0 heterocycles. The van der Waals surface area contributed by atoms with Crippen LogP contribution >= 0.6 is 0 Å². The van der Waals surface area contributed by atoms with Gasteiger partial charge in [0.1, 0.15) is 0 Å². The van der Waals surface area contributed by atoms with Gasteiger partial charge >= 0.3 is 0 Å². The summed E-state index contributed by atoms with van der Waals surface area (Å²) in [4.78, 5) is 0. The van der Waals surface area contributed by atoms with Crippen LogP contribution in [0.4, 0.5) is 0 Å². The third-order valence-corrected chi connectivity index (χ3v) is 5.55. The lowest BCUT2D eigenvalue weighted by Crippen LogP contribution is -2.00. The van der Waals surface area contributed by atoms with Crippen LogP contribution in [0.25, 0.3) is 21.5 Å². The Morgan fingerprint density at radius 1 is 0.607 bits per heavy atom. The van der Waals surface area contributed by atoms with Crippen molar-refractivity contribution in [3.63, 3.8) is 0 Å². The molecule has 28 heavy (non-hydrogen) atoms. The van der Waals surface area contributed by atoms with Gasteiger partial charge in [0.15, 0.2) is 0 Å². The molecule has 4 aromatic rings. The average molecular weight is 357 g/mol. The minimum absolute atomic E-state index is 0.936. The van der Waals surface area contributed by atoms with Crippen LogP contribution in [0.3, 0.4) is 0 Å². The lowest BCUT2D eigenvalue weighted by Gasteiger charge is -2.14. The number of allylic oxidation sites excluding steroid dienone is 6. The average Bonchev–Trinajstić information content (AvgIpc) is 3.29. The molecule has 0 saturated heterocycles. The van der Waals surface area contributed by atoms with Crippen LogP contribution in [-0.4, -0.2) is 0 Å². The molecule has 0 fully saturated rings. The maximum Gasteiger partial charge on any atom is -0.00484 e. The Hall–Kier alpha value is -3.38. The van der Waals surface area contributed by atoms with E-state index in [1.165, 1.54) is 43.8 Å². The molecule has 1 aliphatic carbocycles. The standard InChI is InChI=1S/C28H21/c1-2-10-21(9-1)26(19-24-15-7-13-22-11-3-5-17-27(22)24)20-25-16-8-14-23-12-4-6-18-28(23)25/h1-9,11-18H,19-20H2. The van der Waals surface area contributed by atoms with E-state index in [2.05, 4.69) is 103 Å². The van der Waals surface area contributed by atoms with E-state index in [0.29, 0.717) is 0 Å². The molecule has 0 aliphatic heterocycles. The Morgan fingerprint density at radius 2 is 1.14 bits per heavy atom. The zero-order valence-electron chi connectivity index (χ0n) is 15.7. The molecule has 0 atom stereocenters. The summed E-state index contributed by atoms with van der Waals surface area (Å²) >= 11 is 0. The largest absolute Gasteiger partial charge is 0.0616 e. The van der Waals surface area contributed by atoms with Gasteiger partial charge in [0.05, 0.1) is 0 Å². The Kier molecular flexibility index (Phi) is 4.39. The molecular formula is C28H21. The molecule has 0 amide bonds. The van der Waals surface area contributed by atoms with E-state index in [1.807, 2.05) is 6.08 Å². The maximum absolute atomic E-state index is 3.44. The van der Waals surface area contributed by atoms with Gasteiger partial charge in [-0.15, -0.1) is 0 Å². The fourth-order valence-corrected chi connectivity index (χ4v) is 4.16. The summed E-state index contributed by atoms with van der Waals surface area (Å²) in [5.74, 6) is 0. The number of hydrogen-bond donors (Lipinski definition) is 0. The molecule has 0 aromatic heterocycles. The molecule has 0 saturated carbocycles. The van der Waals surface area contributed by atoms with E-state index < -0.39 is 0 Å². The molecule has 0 bridgehead atoms. The summed E-state index contributed by atoms with van der Waals surface area (Å²) < 4.78 is 0. The van der Waals surface area contributed by atoms with Gasteiger partial charge in [-0.1, -0.05) is 109 Å². The zero-order chi connectivity index (χ0) is 18.8. The van der Waals surface area contributed by atoms with Crippen LogP contribution in [0.1, 0.15) is 11.1 Å². The highest BCUT2D eigenvalue weighted by Gasteiger charge is 2.11. The van der Waals surface area contributed by atoms with Gasteiger partial charge in [-0.25, -0.2) is 0 Å². The Labute approximate surface area is 166 Å². The highest BCUT2D eigenvalue weighted by Crippen LogP contribution is 2.28. The smallest absolute Gasteiger partial charge is 0.00484 e. The Bertz CT molecular complexity index is 1140. The van der Waals surface area contributed by atoms with Crippen molar-refractivity contribution in [1.29, 1.82) is 0 Å². The van der Waals surface area contributed by atoms with Gasteiger partial charge in [-0.3, -0.25) is 0 Å². The van der Waals surface area contributed by atoms with E-state index in [4.69, 9.17) is 0 Å². The normalized spacial score (nSPS) is 12.9. The lowest BCUT2D eigenvalue weighted by atomic mass is 9.90. The van der Waals surface area contributed by atoms with E-state index >= 15 is 0 Å². The molecule has 0 nitrogen and oxygen atoms in total. The fourth-order valence-electron chi connectivity index (χ4n) is 4.16. The van der Waals surface area contributed by atoms with Crippen LogP contribution in [-0.2, 0) is 12.8 Å². The van der Waals surface area contributed by atoms with Crippen LogP contribution in [0, 0.1) is 6.08 Å². The van der Waals surface area contributed by atoms with Crippen LogP contribution in [0.2, 0.25) is 0 Å². The molecule has 0 spiro atoms. The third kappa shape index (κ3) is 3.18. The second-order valence-corrected chi connectivity index (χ2v) is 7.32. The molecule has 0 unspecified atom stereocenters. The Balaban J connectivity index is 1.59. The van der Waals surface area contributed by atoms with Crippen molar-refractivity contribution in [1.82, 2.24) is 0 Å². The second kappa shape index (κ2) is 7.32. The van der Waals surface area contributed by atoms with Gasteiger partial charge in [0.25, 0.3) is 0 Å². The van der Waals surface area contributed by atoms with E-state index in [-0.39, 0.29) is 0 Å². The third-order valence-electron chi connectivity index (χ3n) is 5.55. The number of rotatable bonds is 4. The number of hydrogen-bond acceptors (Lipinski definition) is 0. The van der Waals surface area contributed by atoms with Crippen LogP contribution in [0.15, 0.2) is 114 Å². The van der Waals surface area contributed by atoms with Crippen molar-refractivity contribution in [3.8, 4) is 0 Å². The van der Waals surface area contributed by atoms with E-state index in [9.17, 15) is 0 Å². The van der Waals surface area contributed by atoms with Gasteiger partial charge < -0.3 is 0 Å². The SMILES string of the molecule is [C]1=CC=CC1=C(Cc1cccc2ccccc12)Cc1cccc2ccccc12. The van der Waals surface area contributed by atoms with Crippen molar-refractivity contribution in [2.75, 3.05) is 0 Å². The number of fused-ring (bicyclic) bond motifs is 2. The monoisotopic (exact) mass is 357 g/mol. The number of benzene rings is 4. The molecule has 5 rings (SSSR count). The Morgan fingerprint density at radius 3 is 1.68 bits per heavy atom. The molecule has 1 aliphatic rings. The lowest BCUT2D eigenvalue weighted by molar-refractivity contribution is 1.03. The predicted molar refractivity (Wildman–Crippen MR) is 119 cm³/mol. The zero-order valence-corrected chi connectivity index (χ0v) is 15.7. The van der Waals surface area contributed by atoms with Crippen LogP contribution in [0.5, 0.6) is 0 Å². The highest BCUT2D eigenvalue weighted by atomic mass is 14.2. The van der Waals surface area contributed by atoms with Crippen molar-refractivity contribution in [2.45, 2.75) is 12.8 Å². The van der Waals surface area contributed by atoms with Gasteiger partial charge in [-0.05, 0) is 57.2 Å². The van der Waals surface area contributed by atoms with Crippen molar-refractivity contribution >= 4 is 21.5 Å². The molecule has 4 aromatic carbocycles. The minimum atomic E-state index is 0.936. The molecule has 0 N–H and O–H groups in total. The topological polar surface area (TPSA) is 0 Å². The molecule has 1 radical (unpaired) electrons. The second-order valence-electron chi connectivity index (χ2n) is 7.32. The first-order chi connectivity index (χ1) is 13.9. The predicted octanol–water partition coefficient (Wildman–Crippen LogP) is 7.00. The van der Waals surface area contributed by atoms with Crippen molar-refractivity contribution < 1.29 is 0 Å². The molecule has 0 heteroatoms. The quantitative estimate of drug-likeness (QED) is 0.369. The van der Waals surface area contributed by atoms with Crippen LogP contribution < -0.4 is 0 Å². The summed E-state index contributed by atoms with van der Waals surface area (Å²) in [6.07, 6.45) is 11.6. The van der Waals surface area contributed by atoms with E-state index in [1.54, 1.807) is 0 Å². The molecular weight excluding hydrogens is 336 g/mol. The first kappa shape index (κ1) is 16.8. The summed E-state index contributed by atoms with van der Waals surface area (Å²) in [5, 5.41) is 5.28. The summed E-state index contributed by atoms with van der Waals surface area (Å²) in [6, 6.07) is 30.6. The van der Waals surface area contributed by atoms with Crippen molar-refractivity contribution in [3.05, 3.63) is 132 Å². The van der Waals surface area contributed by atoms with E-state index in [0.717, 1.165) is 12.8 Å². The highest BCUT2D eigenvalue weighted by molar-refractivity contribution is 5.87. The van der Waals surface area contributed by atoms with Crippen molar-refractivity contribution in [2.24, 2.45) is 0 Å². The van der Waals surface area contributed by atoms with Gasteiger partial charge in [0, 0.05) is 0 Å².